The van der Waals surface area contributed by atoms with Crippen molar-refractivity contribution < 1.29 is 4.79 Å². The van der Waals surface area contributed by atoms with Crippen LogP contribution in [0, 0.1) is 12.8 Å². The van der Waals surface area contributed by atoms with Gasteiger partial charge in [-0.15, -0.1) is 15.3 Å². The van der Waals surface area contributed by atoms with Crippen LogP contribution in [0.5, 0.6) is 0 Å². The first-order valence-electron chi connectivity index (χ1n) is 11.6. The van der Waals surface area contributed by atoms with E-state index in [1.165, 1.54) is 5.56 Å². The van der Waals surface area contributed by atoms with Gasteiger partial charge >= 0.3 is 0 Å². The van der Waals surface area contributed by atoms with Gasteiger partial charge in [-0.2, -0.15) is 4.52 Å². The maximum Gasteiger partial charge on any atom is 0.223 e. The number of nitrogens with zero attached hydrogens (tertiary/aromatic N) is 6. The number of fused-ring (bicyclic) bond motifs is 1. The third-order valence-electron chi connectivity index (χ3n) is 6.37. The van der Waals surface area contributed by atoms with Gasteiger partial charge in [-0.25, -0.2) is 0 Å². The van der Waals surface area contributed by atoms with Crippen molar-refractivity contribution in [3.63, 3.8) is 0 Å². The van der Waals surface area contributed by atoms with Crippen molar-refractivity contribution in [3.8, 4) is 11.4 Å². The molecule has 0 atom stereocenters. The lowest BCUT2D eigenvalue weighted by Crippen LogP contribution is -2.43. The number of piperidine rings is 1. The molecular formula is C24H33N7O. The Balaban J connectivity index is 1.38. The summed E-state index contributed by atoms with van der Waals surface area (Å²) < 4.78 is 1.81. The van der Waals surface area contributed by atoms with Gasteiger partial charge in [0.2, 0.25) is 5.91 Å². The van der Waals surface area contributed by atoms with E-state index in [4.69, 9.17) is 5.10 Å². The molecule has 2 aromatic heterocycles. The van der Waals surface area contributed by atoms with Crippen molar-refractivity contribution in [2.45, 2.75) is 33.6 Å². The molecule has 1 N–H and O–H groups in total. The van der Waals surface area contributed by atoms with Gasteiger partial charge in [-0.3, -0.25) is 4.79 Å². The normalized spacial score (nSPS) is 14.9. The fourth-order valence-electron chi connectivity index (χ4n) is 4.22. The summed E-state index contributed by atoms with van der Waals surface area (Å²) in [7, 11) is 0. The fourth-order valence-corrected chi connectivity index (χ4v) is 4.22. The number of aryl methyl sites for hydroxylation is 1. The van der Waals surface area contributed by atoms with Crippen LogP contribution in [0.3, 0.4) is 0 Å². The Morgan fingerprint density at radius 1 is 1.06 bits per heavy atom. The van der Waals surface area contributed by atoms with Crippen molar-refractivity contribution in [1.82, 2.24) is 30.0 Å². The molecule has 8 heteroatoms. The van der Waals surface area contributed by atoms with E-state index in [9.17, 15) is 4.79 Å². The van der Waals surface area contributed by atoms with Crippen LogP contribution >= 0.6 is 0 Å². The van der Waals surface area contributed by atoms with Gasteiger partial charge in [-0.05, 0) is 45.0 Å². The first-order valence-corrected chi connectivity index (χ1v) is 11.6. The lowest BCUT2D eigenvalue weighted by Gasteiger charge is -2.32. The predicted octanol–water partition coefficient (Wildman–Crippen LogP) is 2.77. The summed E-state index contributed by atoms with van der Waals surface area (Å²) in [5, 5.41) is 16.6. The van der Waals surface area contributed by atoms with Crippen LogP contribution in [0.1, 0.15) is 32.3 Å². The summed E-state index contributed by atoms with van der Waals surface area (Å²) in [6.45, 7) is 11.6. The number of nitrogens with one attached hydrogen (secondary N) is 1. The monoisotopic (exact) mass is 435 g/mol. The summed E-state index contributed by atoms with van der Waals surface area (Å²) in [4.78, 5) is 17.1. The lowest BCUT2D eigenvalue weighted by atomic mass is 9.96. The number of amides is 1. The van der Waals surface area contributed by atoms with E-state index in [1.54, 1.807) is 0 Å². The fraction of sp³-hybridized carbons (Fsp3) is 0.500. The first kappa shape index (κ1) is 22.2. The maximum absolute atomic E-state index is 12.6. The van der Waals surface area contributed by atoms with Crippen LogP contribution in [-0.2, 0) is 4.79 Å². The zero-order valence-corrected chi connectivity index (χ0v) is 19.3. The number of benzene rings is 1. The van der Waals surface area contributed by atoms with Gasteiger partial charge in [0.15, 0.2) is 11.5 Å². The quantitative estimate of drug-likeness (QED) is 0.586. The molecule has 0 bridgehead atoms. The van der Waals surface area contributed by atoms with Crippen molar-refractivity contribution in [3.05, 3.63) is 42.0 Å². The van der Waals surface area contributed by atoms with E-state index < -0.39 is 0 Å². The van der Waals surface area contributed by atoms with E-state index in [-0.39, 0.29) is 11.8 Å². The van der Waals surface area contributed by atoms with Crippen LogP contribution in [0.4, 0.5) is 5.82 Å². The van der Waals surface area contributed by atoms with Crippen LogP contribution in [-0.4, -0.2) is 69.9 Å². The van der Waals surface area contributed by atoms with Gasteiger partial charge in [0, 0.05) is 37.7 Å². The van der Waals surface area contributed by atoms with Gasteiger partial charge < -0.3 is 15.1 Å². The number of likely N-dealkylation sites (N-methyl/N-ethyl adjacent to an activating group) is 1. The number of rotatable bonds is 8. The summed E-state index contributed by atoms with van der Waals surface area (Å²) in [5.41, 5.74) is 2.93. The van der Waals surface area contributed by atoms with E-state index in [1.807, 2.05) is 28.8 Å². The Morgan fingerprint density at radius 3 is 2.47 bits per heavy atom. The molecule has 8 nitrogen and oxygen atoms in total. The molecule has 1 amide bonds. The average molecular weight is 436 g/mol. The molecule has 1 saturated heterocycles. The van der Waals surface area contributed by atoms with E-state index in [0.29, 0.717) is 6.54 Å². The van der Waals surface area contributed by atoms with Crippen LogP contribution in [0.15, 0.2) is 36.4 Å². The Morgan fingerprint density at radius 2 is 1.78 bits per heavy atom. The highest BCUT2D eigenvalue weighted by molar-refractivity contribution is 5.79. The third-order valence-corrected chi connectivity index (χ3v) is 6.37. The molecule has 1 fully saturated rings. The van der Waals surface area contributed by atoms with E-state index in [0.717, 1.165) is 68.4 Å². The smallest absolute Gasteiger partial charge is 0.223 e. The van der Waals surface area contributed by atoms with Gasteiger partial charge in [0.05, 0.1) is 0 Å². The first-order chi connectivity index (χ1) is 15.6. The minimum atomic E-state index is 0.0738. The topological polar surface area (TPSA) is 78.7 Å². The Bertz CT molecular complexity index is 1030. The molecule has 3 heterocycles. The SMILES string of the molecule is CCN(CC)CCNC(=O)C1CCN(c2ccc3nnc(-c4ccc(C)cc4)n3n2)CC1. The molecule has 4 rings (SSSR count). The lowest BCUT2D eigenvalue weighted by molar-refractivity contribution is -0.125. The maximum atomic E-state index is 12.6. The number of aromatic nitrogens is 4. The number of anilines is 1. The number of hydrogen-bond donors (Lipinski definition) is 1. The molecule has 0 unspecified atom stereocenters. The Kier molecular flexibility index (Phi) is 6.99. The molecule has 0 spiro atoms. The number of carbonyl (C=O) groups is 1. The second-order valence-corrected chi connectivity index (χ2v) is 8.43. The van der Waals surface area contributed by atoms with Crippen molar-refractivity contribution in [2.75, 3.05) is 44.2 Å². The van der Waals surface area contributed by atoms with E-state index in [2.05, 4.69) is 58.2 Å². The predicted molar refractivity (Wildman–Crippen MR) is 127 cm³/mol. The van der Waals surface area contributed by atoms with Crippen LogP contribution in [0.25, 0.3) is 17.0 Å². The van der Waals surface area contributed by atoms with Crippen LogP contribution in [0.2, 0.25) is 0 Å². The minimum absolute atomic E-state index is 0.0738. The minimum Gasteiger partial charge on any atom is -0.355 e. The molecule has 32 heavy (non-hydrogen) atoms. The summed E-state index contributed by atoms with van der Waals surface area (Å²) in [6.07, 6.45) is 1.67. The Labute approximate surface area is 189 Å². The molecule has 0 saturated carbocycles. The van der Waals surface area contributed by atoms with E-state index >= 15 is 0 Å². The highest BCUT2D eigenvalue weighted by Gasteiger charge is 2.26. The molecule has 3 aromatic rings. The van der Waals surface area contributed by atoms with Crippen molar-refractivity contribution in [1.29, 1.82) is 0 Å². The molecule has 1 aliphatic rings. The second-order valence-electron chi connectivity index (χ2n) is 8.43. The van der Waals surface area contributed by atoms with Crippen LogP contribution < -0.4 is 10.2 Å². The highest BCUT2D eigenvalue weighted by atomic mass is 16.1. The summed E-state index contributed by atoms with van der Waals surface area (Å²) >= 11 is 0. The van der Waals surface area contributed by atoms with Crippen molar-refractivity contribution in [2.24, 2.45) is 5.92 Å². The third kappa shape index (κ3) is 4.91. The largest absolute Gasteiger partial charge is 0.355 e. The van der Waals surface area contributed by atoms with Gasteiger partial charge in [0.1, 0.15) is 5.82 Å². The average Bonchev–Trinajstić information content (AvgIpc) is 3.25. The standard InChI is InChI=1S/C24H33N7O/c1-4-29(5-2)17-14-25-24(32)20-12-15-30(16-13-20)22-11-10-21-26-27-23(31(21)28-22)19-8-6-18(3)7-9-19/h6-11,20H,4-5,12-17H2,1-3H3,(H,25,32). The zero-order valence-electron chi connectivity index (χ0n) is 19.3. The highest BCUT2D eigenvalue weighted by Crippen LogP contribution is 2.24. The van der Waals surface area contributed by atoms with Crippen molar-refractivity contribution >= 4 is 17.4 Å². The van der Waals surface area contributed by atoms with Gasteiger partial charge in [0.25, 0.3) is 0 Å². The molecular weight excluding hydrogens is 402 g/mol. The molecule has 0 aliphatic carbocycles. The molecule has 170 valence electrons. The number of carbonyl (C=O) groups excluding carboxylic acids is 1. The zero-order chi connectivity index (χ0) is 22.5. The molecule has 1 aromatic carbocycles. The number of hydrogen-bond acceptors (Lipinski definition) is 6. The summed E-state index contributed by atoms with van der Waals surface area (Å²) in [6, 6.07) is 12.2. The molecule has 0 radical (unpaired) electrons. The Hall–Kier alpha value is -3.00. The molecule has 1 aliphatic heterocycles. The summed E-state index contributed by atoms with van der Waals surface area (Å²) in [5.74, 6) is 1.89. The second kappa shape index (κ2) is 10.1. The van der Waals surface area contributed by atoms with Gasteiger partial charge in [-0.1, -0.05) is 43.7 Å².